The number of benzene rings is 2. The fraction of sp³-hybridized carbons (Fsp3) is 0.238. The number of hydrogen-bond donors (Lipinski definition) is 2. The first-order chi connectivity index (χ1) is 13.5. The summed E-state index contributed by atoms with van der Waals surface area (Å²) in [6.07, 6.45) is 1.43. The number of carbonyl (C=O) groups excluding carboxylic acids is 1. The monoisotopic (exact) mass is 443 g/mol. The zero-order valence-electron chi connectivity index (χ0n) is 16.0. The van der Waals surface area contributed by atoms with E-state index in [1.807, 2.05) is 43.3 Å². The lowest BCUT2D eigenvalue weighted by Crippen LogP contribution is -2.28. The number of nitriles is 1. The molecule has 28 heavy (non-hydrogen) atoms. The van der Waals surface area contributed by atoms with Gasteiger partial charge in [-0.25, -0.2) is 0 Å². The third-order valence-corrected chi connectivity index (χ3v) is 4.61. The average Bonchev–Trinajstić information content (AvgIpc) is 2.71. The van der Waals surface area contributed by atoms with Gasteiger partial charge in [-0.3, -0.25) is 4.79 Å². The maximum absolute atomic E-state index is 12.4. The van der Waals surface area contributed by atoms with Gasteiger partial charge >= 0.3 is 0 Å². The molecule has 0 spiro atoms. The van der Waals surface area contributed by atoms with Gasteiger partial charge in [0.15, 0.2) is 11.5 Å². The molecule has 146 valence electrons. The van der Waals surface area contributed by atoms with Gasteiger partial charge < -0.3 is 20.1 Å². The van der Waals surface area contributed by atoms with Crippen LogP contribution in [0.4, 0.5) is 0 Å². The van der Waals surface area contributed by atoms with Crippen LogP contribution in [0.1, 0.15) is 24.1 Å². The van der Waals surface area contributed by atoms with Crippen LogP contribution in [0.25, 0.3) is 0 Å². The van der Waals surface area contributed by atoms with Gasteiger partial charge in [-0.15, -0.1) is 0 Å². The van der Waals surface area contributed by atoms with E-state index < -0.39 is 5.91 Å². The van der Waals surface area contributed by atoms with Crippen molar-refractivity contribution in [3.8, 4) is 17.6 Å². The van der Waals surface area contributed by atoms with E-state index in [4.69, 9.17) is 9.47 Å². The van der Waals surface area contributed by atoms with E-state index in [0.717, 1.165) is 15.6 Å². The van der Waals surface area contributed by atoms with Crippen molar-refractivity contribution in [1.82, 2.24) is 10.6 Å². The molecular formula is C21H22BrN3O3. The van der Waals surface area contributed by atoms with Crippen molar-refractivity contribution in [3.05, 3.63) is 69.8 Å². The quantitative estimate of drug-likeness (QED) is 0.478. The molecule has 7 heteroatoms. The third kappa shape index (κ3) is 5.76. The molecule has 0 bridgehead atoms. The molecule has 2 aromatic rings. The van der Waals surface area contributed by atoms with Gasteiger partial charge in [0.2, 0.25) is 0 Å². The Balaban J connectivity index is 2.00. The van der Waals surface area contributed by atoms with E-state index in [2.05, 4.69) is 26.6 Å². The summed E-state index contributed by atoms with van der Waals surface area (Å²) in [6.45, 7) is 2.35. The van der Waals surface area contributed by atoms with Gasteiger partial charge in [0.1, 0.15) is 11.6 Å². The molecule has 0 aliphatic carbocycles. The smallest absolute Gasteiger partial charge is 0.263 e. The molecule has 1 unspecified atom stereocenters. The van der Waals surface area contributed by atoms with E-state index in [9.17, 15) is 10.1 Å². The molecule has 0 fully saturated rings. The number of carbonyl (C=O) groups is 1. The normalized spacial score (nSPS) is 11.9. The molecule has 0 heterocycles. The molecule has 2 rings (SSSR count). The van der Waals surface area contributed by atoms with E-state index in [-0.39, 0.29) is 11.6 Å². The fourth-order valence-corrected chi connectivity index (χ4v) is 2.77. The lowest BCUT2D eigenvalue weighted by Gasteiger charge is -2.16. The van der Waals surface area contributed by atoms with Crippen LogP contribution >= 0.6 is 15.9 Å². The van der Waals surface area contributed by atoms with Gasteiger partial charge in [-0.2, -0.15) is 5.26 Å². The summed E-state index contributed by atoms with van der Waals surface area (Å²) in [7, 11) is 3.12. The molecule has 1 amide bonds. The van der Waals surface area contributed by atoms with Crippen molar-refractivity contribution >= 4 is 21.8 Å². The summed E-state index contributed by atoms with van der Waals surface area (Å²) in [6, 6.07) is 14.8. The van der Waals surface area contributed by atoms with Crippen molar-refractivity contribution in [2.45, 2.75) is 19.5 Å². The Morgan fingerprint density at radius 3 is 2.46 bits per heavy atom. The van der Waals surface area contributed by atoms with E-state index in [0.29, 0.717) is 18.0 Å². The molecule has 0 aliphatic heterocycles. The predicted octanol–water partition coefficient (Wildman–Crippen LogP) is 3.84. The number of amides is 1. The first-order valence-corrected chi connectivity index (χ1v) is 9.38. The van der Waals surface area contributed by atoms with Crippen LogP contribution < -0.4 is 20.1 Å². The average molecular weight is 444 g/mol. The zero-order valence-corrected chi connectivity index (χ0v) is 17.5. The number of hydrogen-bond acceptors (Lipinski definition) is 5. The second kappa shape index (κ2) is 10.4. The highest BCUT2D eigenvalue weighted by Gasteiger charge is 2.15. The highest BCUT2D eigenvalue weighted by molar-refractivity contribution is 9.10. The molecule has 0 aromatic heterocycles. The summed E-state index contributed by atoms with van der Waals surface area (Å²) in [5.74, 6) is 0.737. The number of nitrogens with zero attached hydrogens (tertiary/aromatic N) is 1. The topological polar surface area (TPSA) is 83.4 Å². The summed E-state index contributed by atoms with van der Waals surface area (Å²) in [5.41, 5.74) is 1.88. The third-order valence-electron chi connectivity index (χ3n) is 4.09. The molecule has 0 aliphatic rings. The molecule has 1 atom stereocenters. The molecule has 2 N–H and O–H groups in total. The minimum Gasteiger partial charge on any atom is -0.493 e. The lowest BCUT2D eigenvalue weighted by molar-refractivity contribution is -0.117. The Hall–Kier alpha value is -2.98. The van der Waals surface area contributed by atoms with Crippen LogP contribution in [0.15, 0.2) is 58.7 Å². The van der Waals surface area contributed by atoms with Gasteiger partial charge in [-0.05, 0) is 42.3 Å². The second-order valence-corrected chi connectivity index (χ2v) is 6.90. The van der Waals surface area contributed by atoms with E-state index in [1.165, 1.54) is 6.20 Å². The van der Waals surface area contributed by atoms with Crippen LogP contribution in [0.5, 0.6) is 11.5 Å². The van der Waals surface area contributed by atoms with Crippen molar-refractivity contribution < 1.29 is 14.3 Å². The standard InChI is InChI=1S/C21H22BrN3O3/c1-14(16-6-9-19(27-2)20(10-16)28-3)25-21(26)17(11-23)13-24-12-15-4-7-18(22)8-5-15/h4-10,13-14,24H,12H2,1-3H3,(H,25,26)/b17-13-. The summed E-state index contributed by atoms with van der Waals surface area (Å²) in [5, 5.41) is 15.1. The summed E-state index contributed by atoms with van der Waals surface area (Å²) < 4.78 is 11.5. The molecular weight excluding hydrogens is 422 g/mol. The highest BCUT2D eigenvalue weighted by Crippen LogP contribution is 2.29. The minimum absolute atomic E-state index is 0.00411. The maximum atomic E-state index is 12.4. The van der Waals surface area contributed by atoms with Gasteiger partial charge in [-0.1, -0.05) is 34.1 Å². The minimum atomic E-state index is -0.451. The lowest BCUT2D eigenvalue weighted by atomic mass is 10.1. The Morgan fingerprint density at radius 2 is 1.86 bits per heavy atom. The SMILES string of the molecule is COc1ccc(C(C)NC(=O)/C(C#N)=C\NCc2ccc(Br)cc2)cc1OC. The Labute approximate surface area is 173 Å². The number of rotatable bonds is 8. The molecule has 0 radical (unpaired) electrons. The number of nitrogens with one attached hydrogen (secondary N) is 2. The van der Waals surface area contributed by atoms with Crippen LogP contribution in [0.3, 0.4) is 0 Å². The largest absolute Gasteiger partial charge is 0.493 e. The predicted molar refractivity (Wildman–Crippen MR) is 111 cm³/mol. The number of methoxy groups -OCH3 is 2. The van der Waals surface area contributed by atoms with Crippen LogP contribution in [0, 0.1) is 11.3 Å². The molecule has 0 saturated carbocycles. The Morgan fingerprint density at radius 1 is 1.18 bits per heavy atom. The van der Waals surface area contributed by atoms with Crippen molar-refractivity contribution in [3.63, 3.8) is 0 Å². The van der Waals surface area contributed by atoms with Gasteiger partial charge in [0.25, 0.3) is 5.91 Å². The van der Waals surface area contributed by atoms with Crippen LogP contribution in [-0.4, -0.2) is 20.1 Å². The van der Waals surface area contributed by atoms with Gasteiger partial charge in [0.05, 0.1) is 20.3 Å². The van der Waals surface area contributed by atoms with Crippen molar-refractivity contribution in [1.29, 1.82) is 5.26 Å². The highest BCUT2D eigenvalue weighted by atomic mass is 79.9. The van der Waals surface area contributed by atoms with Crippen molar-refractivity contribution in [2.24, 2.45) is 0 Å². The van der Waals surface area contributed by atoms with Crippen LogP contribution in [-0.2, 0) is 11.3 Å². The van der Waals surface area contributed by atoms with Gasteiger partial charge in [0, 0.05) is 17.2 Å². The first kappa shape index (κ1) is 21.3. The number of halogens is 1. The Bertz CT molecular complexity index is 889. The Kier molecular flexibility index (Phi) is 7.90. The van der Waals surface area contributed by atoms with E-state index in [1.54, 1.807) is 26.4 Å². The number of ether oxygens (including phenoxy) is 2. The fourth-order valence-electron chi connectivity index (χ4n) is 2.50. The summed E-state index contributed by atoms with van der Waals surface area (Å²) in [4.78, 5) is 12.4. The van der Waals surface area contributed by atoms with Crippen LogP contribution in [0.2, 0.25) is 0 Å². The second-order valence-electron chi connectivity index (χ2n) is 5.99. The molecule has 0 saturated heterocycles. The van der Waals surface area contributed by atoms with Crippen molar-refractivity contribution in [2.75, 3.05) is 14.2 Å². The zero-order chi connectivity index (χ0) is 20.5. The summed E-state index contributed by atoms with van der Waals surface area (Å²) >= 11 is 3.38. The first-order valence-electron chi connectivity index (χ1n) is 8.59. The van der Waals surface area contributed by atoms with E-state index >= 15 is 0 Å². The maximum Gasteiger partial charge on any atom is 0.263 e. The molecule has 6 nitrogen and oxygen atoms in total. The molecule has 2 aromatic carbocycles.